The second-order valence-corrected chi connectivity index (χ2v) is 3.95. The lowest BCUT2D eigenvalue weighted by Gasteiger charge is -1.94. The molecule has 0 fully saturated rings. The molecule has 1 rings (SSSR count). The van der Waals surface area contributed by atoms with E-state index in [1.165, 1.54) is 31.9 Å². The number of rotatable bonds is 5. The number of nitrogens with one attached hydrogen (secondary N) is 2. The van der Waals surface area contributed by atoms with Gasteiger partial charge in [0.15, 0.2) is 0 Å². The van der Waals surface area contributed by atoms with Crippen LogP contribution < -0.4 is 11.2 Å². The third-order valence-corrected chi connectivity index (χ3v) is 2.45. The van der Waals surface area contributed by atoms with E-state index in [1.54, 1.807) is 0 Å². The third-order valence-electron chi connectivity index (χ3n) is 2.45. The summed E-state index contributed by atoms with van der Waals surface area (Å²) in [6.45, 7) is 2.18. The molecule has 4 heteroatoms. The van der Waals surface area contributed by atoms with Crippen molar-refractivity contribution in [1.82, 2.24) is 9.97 Å². The van der Waals surface area contributed by atoms with Gasteiger partial charge in [-0.1, -0.05) is 44.4 Å². The molecule has 0 saturated heterocycles. The van der Waals surface area contributed by atoms with Gasteiger partial charge in [-0.25, -0.2) is 4.79 Å². The van der Waals surface area contributed by atoms with Gasteiger partial charge < -0.3 is 4.98 Å². The lowest BCUT2D eigenvalue weighted by Crippen LogP contribution is -2.23. The molecule has 17 heavy (non-hydrogen) atoms. The van der Waals surface area contributed by atoms with Crippen LogP contribution in [0.4, 0.5) is 0 Å². The van der Waals surface area contributed by atoms with E-state index in [-0.39, 0.29) is 0 Å². The summed E-state index contributed by atoms with van der Waals surface area (Å²) in [6, 6.07) is 0. The average Bonchev–Trinajstić information content (AvgIpc) is 2.30. The Kier molecular flexibility index (Phi) is 5.87. The van der Waals surface area contributed by atoms with Gasteiger partial charge >= 0.3 is 5.69 Å². The molecule has 0 bridgehead atoms. The highest BCUT2D eigenvalue weighted by Crippen LogP contribution is 2.03. The quantitative estimate of drug-likeness (QED) is 0.602. The Balaban J connectivity index is 2.39. The van der Waals surface area contributed by atoms with Gasteiger partial charge in [-0.2, -0.15) is 0 Å². The molecule has 0 spiro atoms. The van der Waals surface area contributed by atoms with Crippen molar-refractivity contribution in [1.29, 1.82) is 0 Å². The first-order valence-corrected chi connectivity index (χ1v) is 6.05. The van der Waals surface area contributed by atoms with Gasteiger partial charge in [0.05, 0.1) is 0 Å². The Morgan fingerprint density at radius 1 is 1.18 bits per heavy atom. The zero-order valence-electron chi connectivity index (χ0n) is 10.1. The summed E-state index contributed by atoms with van der Waals surface area (Å²) in [5.74, 6) is 5.71. The zero-order valence-corrected chi connectivity index (χ0v) is 10.1. The Labute approximate surface area is 100 Å². The smallest absolute Gasteiger partial charge is 0.313 e. The minimum Gasteiger partial charge on any atom is -0.313 e. The predicted molar refractivity (Wildman–Crippen MR) is 67.9 cm³/mol. The molecule has 0 unspecified atom stereocenters. The van der Waals surface area contributed by atoms with Crippen molar-refractivity contribution in [3.8, 4) is 11.8 Å². The van der Waals surface area contributed by atoms with Crippen LogP contribution in [0.3, 0.4) is 0 Å². The van der Waals surface area contributed by atoms with E-state index in [0.717, 1.165) is 12.8 Å². The lowest BCUT2D eigenvalue weighted by molar-refractivity contribution is 0.641. The Morgan fingerprint density at radius 2 is 1.94 bits per heavy atom. The van der Waals surface area contributed by atoms with Crippen molar-refractivity contribution in [2.75, 3.05) is 0 Å². The molecule has 0 atom stereocenters. The third kappa shape index (κ3) is 5.21. The second kappa shape index (κ2) is 7.50. The van der Waals surface area contributed by atoms with Gasteiger partial charge in [-0.05, 0) is 6.42 Å². The molecule has 4 nitrogen and oxygen atoms in total. The summed E-state index contributed by atoms with van der Waals surface area (Å²) in [4.78, 5) is 26.6. The van der Waals surface area contributed by atoms with Gasteiger partial charge in [0.2, 0.25) is 0 Å². The van der Waals surface area contributed by atoms with Gasteiger partial charge in [0.25, 0.3) is 5.56 Å². The van der Waals surface area contributed by atoms with Crippen LogP contribution in [0.15, 0.2) is 15.8 Å². The van der Waals surface area contributed by atoms with Crippen LogP contribution in [0.1, 0.15) is 51.0 Å². The molecule has 0 saturated carbocycles. The minimum atomic E-state index is -0.500. The molecule has 0 aliphatic rings. The van der Waals surface area contributed by atoms with Crippen molar-refractivity contribution in [2.24, 2.45) is 0 Å². The number of unbranched alkanes of at least 4 members (excludes halogenated alkanes) is 5. The SMILES string of the molecule is CCCCCCCC#Cc1c[nH]c(=O)[nH]c1=O. The fourth-order valence-corrected chi connectivity index (χ4v) is 1.48. The van der Waals surface area contributed by atoms with E-state index in [0.29, 0.717) is 5.56 Å². The van der Waals surface area contributed by atoms with Crippen LogP contribution in [0, 0.1) is 11.8 Å². The summed E-state index contributed by atoms with van der Waals surface area (Å²) in [6.07, 6.45) is 8.15. The van der Waals surface area contributed by atoms with Gasteiger partial charge in [-0.3, -0.25) is 9.78 Å². The van der Waals surface area contributed by atoms with Crippen LogP contribution in [-0.4, -0.2) is 9.97 Å². The Morgan fingerprint density at radius 3 is 2.65 bits per heavy atom. The molecular weight excluding hydrogens is 216 g/mol. The maximum absolute atomic E-state index is 11.3. The highest BCUT2D eigenvalue weighted by Gasteiger charge is 1.94. The molecule has 1 aromatic heterocycles. The van der Waals surface area contributed by atoms with E-state index in [1.807, 2.05) is 0 Å². The van der Waals surface area contributed by atoms with Crippen LogP contribution in [0.5, 0.6) is 0 Å². The predicted octanol–water partition coefficient (Wildman–Crippen LogP) is 1.78. The Hall–Kier alpha value is -1.76. The first kappa shape index (κ1) is 13.3. The van der Waals surface area contributed by atoms with E-state index >= 15 is 0 Å². The molecule has 0 aliphatic carbocycles. The number of H-pyrrole nitrogens is 2. The first-order valence-electron chi connectivity index (χ1n) is 6.05. The minimum absolute atomic E-state index is 0.318. The van der Waals surface area contributed by atoms with E-state index in [4.69, 9.17) is 0 Å². The number of hydrogen-bond donors (Lipinski definition) is 2. The zero-order chi connectivity index (χ0) is 12.5. The molecule has 0 amide bonds. The summed E-state index contributed by atoms with van der Waals surface area (Å²) < 4.78 is 0. The van der Waals surface area contributed by atoms with Crippen LogP contribution in [0.25, 0.3) is 0 Å². The molecule has 1 heterocycles. The maximum atomic E-state index is 11.3. The van der Waals surface area contributed by atoms with E-state index < -0.39 is 11.2 Å². The fraction of sp³-hybridized carbons (Fsp3) is 0.538. The normalized spacial score (nSPS) is 9.71. The van der Waals surface area contributed by atoms with Gasteiger partial charge in [0, 0.05) is 12.6 Å². The summed E-state index contributed by atoms with van der Waals surface area (Å²) in [7, 11) is 0. The highest BCUT2D eigenvalue weighted by molar-refractivity contribution is 5.28. The van der Waals surface area contributed by atoms with Crippen molar-refractivity contribution in [3.05, 3.63) is 32.6 Å². The van der Waals surface area contributed by atoms with Crippen molar-refractivity contribution < 1.29 is 0 Å². The molecular formula is C13H18N2O2. The van der Waals surface area contributed by atoms with Crippen molar-refractivity contribution in [2.45, 2.75) is 45.4 Å². The lowest BCUT2D eigenvalue weighted by atomic mass is 10.1. The molecule has 0 aliphatic heterocycles. The summed E-state index contributed by atoms with van der Waals surface area (Å²) >= 11 is 0. The van der Waals surface area contributed by atoms with Crippen molar-refractivity contribution in [3.63, 3.8) is 0 Å². The highest BCUT2D eigenvalue weighted by atomic mass is 16.2. The molecule has 0 radical (unpaired) electrons. The molecule has 1 aromatic rings. The maximum Gasteiger partial charge on any atom is 0.325 e. The topological polar surface area (TPSA) is 65.7 Å². The largest absolute Gasteiger partial charge is 0.325 e. The summed E-state index contributed by atoms with van der Waals surface area (Å²) in [5, 5.41) is 0. The van der Waals surface area contributed by atoms with Crippen LogP contribution in [-0.2, 0) is 0 Å². The monoisotopic (exact) mass is 234 g/mol. The Bertz CT molecular complexity index is 502. The fourth-order valence-electron chi connectivity index (χ4n) is 1.48. The molecule has 0 aromatic carbocycles. The first-order chi connectivity index (χ1) is 8.24. The molecule has 92 valence electrons. The standard InChI is InChI=1S/C13H18N2O2/c1-2-3-4-5-6-7-8-9-11-10-14-13(17)15-12(11)16/h10H,2-7H2,1H3,(H2,14,15,16,17). The molecule has 2 N–H and O–H groups in total. The van der Waals surface area contributed by atoms with Crippen molar-refractivity contribution >= 4 is 0 Å². The summed E-state index contributed by atoms with van der Waals surface area (Å²) in [5.41, 5.74) is -0.606. The number of aromatic amines is 2. The van der Waals surface area contributed by atoms with E-state index in [2.05, 4.69) is 28.7 Å². The van der Waals surface area contributed by atoms with Gasteiger partial charge in [0.1, 0.15) is 5.56 Å². The van der Waals surface area contributed by atoms with E-state index in [9.17, 15) is 9.59 Å². The van der Waals surface area contributed by atoms with Gasteiger partial charge in [-0.15, -0.1) is 0 Å². The second-order valence-electron chi connectivity index (χ2n) is 3.95. The average molecular weight is 234 g/mol. The van der Waals surface area contributed by atoms with Crippen LogP contribution >= 0.6 is 0 Å². The number of hydrogen-bond acceptors (Lipinski definition) is 2. The van der Waals surface area contributed by atoms with Crippen LogP contribution in [0.2, 0.25) is 0 Å². The number of aromatic nitrogens is 2.